The molecule has 4 heterocycles. The van der Waals surface area contributed by atoms with Crippen LogP contribution in [0.3, 0.4) is 0 Å². The molecule has 2 aromatic heterocycles. The average molecular weight is 427 g/mol. The number of fused-ring (bicyclic) bond motifs is 5. The van der Waals surface area contributed by atoms with Gasteiger partial charge in [0.05, 0.1) is 24.0 Å². The first-order valence-corrected chi connectivity index (χ1v) is 11.1. The summed E-state index contributed by atoms with van der Waals surface area (Å²) in [6, 6.07) is 16.4. The van der Waals surface area contributed by atoms with E-state index in [2.05, 4.69) is 52.3 Å². The van der Waals surface area contributed by atoms with Gasteiger partial charge in [-0.25, -0.2) is 0 Å². The van der Waals surface area contributed by atoms with Crippen LogP contribution >= 0.6 is 0 Å². The summed E-state index contributed by atoms with van der Waals surface area (Å²) in [7, 11) is 1.69. The Hall–Kier alpha value is -3.67. The molecule has 6 heteroatoms. The van der Waals surface area contributed by atoms with Gasteiger partial charge in [0.2, 0.25) is 0 Å². The number of hydrogen-bond acceptors (Lipinski definition) is 3. The second kappa shape index (κ2) is 6.92. The van der Waals surface area contributed by atoms with Crippen molar-refractivity contribution >= 4 is 22.5 Å². The van der Waals surface area contributed by atoms with E-state index >= 15 is 0 Å². The number of anilines is 1. The van der Waals surface area contributed by atoms with Crippen molar-refractivity contribution in [2.45, 2.75) is 25.3 Å². The van der Waals surface area contributed by atoms with Crippen LogP contribution in [0.15, 0.2) is 60.9 Å². The average Bonchev–Trinajstić information content (AvgIpc) is 3.47. The number of nitrogens with one attached hydrogen (secondary N) is 2. The summed E-state index contributed by atoms with van der Waals surface area (Å²) in [5.74, 6) is 0.945. The molecule has 1 fully saturated rings. The van der Waals surface area contributed by atoms with E-state index in [-0.39, 0.29) is 11.4 Å². The molecule has 0 bridgehead atoms. The van der Waals surface area contributed by atoms with Gasteiger partial charge in [0.15, 0.2) is 0 Å². The van der Waals surface area contributed by atoms with Crippen molar-refractivity contribution in [1.82, 2.24) is 14.5 Å². The number of ether oxygens (including phenoxy) is 1. The highest BCUT2D eigenvalue weighted by Gasteiger charge is 2.42. The zero-order valence-electron chi connectivity index (χ0n) is 18.3. The van der Waals surface area contributed by atoms with E-state index in [0.717, 1.165) is 52.0 Å². The van der Waals surface area contributed by atoms with E-state index < -0.39 is 0 Å². The molecule has 32 heavy (non-hydrogen) atoms. The second-order valence-corrected chi connectivity index (χ2v) is 8.88. The molecule has 2 aliphatic heterocycles. The highest BCUT2D eigenvalue weighted by Crippen LogP contribution is 2.44. The third kappa shape index (κ3) is 2.75. The Morgan fingerprint density at radius 1 is 1.09 bits per heavy atom. The van der Waals surface area contributed by atoms with E-state index in [4.69, 9.17) is 4.74 Å². The number of amides is 1. The van der Waals surface area contributed by atoms with Crippen LogP contribution in [0.4, 0.5) is 5.69 Å². The number of likely N-dealkylation sites (tertiary alicyclic amines) is 1. The van der Waals surface area contributed by atoms with E-state index in [1.807, 2.05) is 35.4 Å². The van der Waals surface area contributed by atoms with Crippen LogP contribution in [-0.4, -0.2) is 40.6 Å². The lowest BCUT2D eigenvalue weighted by molar-refractivity contribution is 0.0676. The van der Waals surface area contributed by atoms with Gasteiger partial charge in [0.1, 0.15) is 5.75 Å². The quantitative estimate of drug-likeness (QED) is 0.483. The Labute approximate surface area is 186 Å². The molecular formula is C26H26N4O2. The van der Waals surface area contributed by atoms with E-state index in [9.17, 15) is 4.79 Å². The minimum Gasteiger partial charge on any atom is -0.497 e. The van der Waals surface area contributed by atoms with Crippen molar-refractivity contribution in [3.8, 4) is 11.4 Å². The molecule has 0 aliphatic carbocycles. The first-order chi connectivity index (χ1) is 15.6. The molecule has 6 nitrogen and oxygen atoms in total. The van der Waals surface area contributed by atoms with Gasteiger partial charge in [0.25, 0.3) is 5.91 Å². The molecule has 0 unspecified atom stereocenters. The van der Waals surface area contributed by atoms with Gasteiger partial charge < -0.3 is 24.5 Å². The Morgan fingerprint density at radius 2 is 1.94 bits per heavy atom. The van der Waals surface area contributed by atoms with Gasteiger partial charge in [0, 0.05) is 53.7 Å². The molecule has 2 aromatic carbocycles. The number of carbonyl (C=O) groups is 1. The predicted octanol–water partition coefficient (Wildman–Crippen LogP) is 4.83. The summed E-state index contributed by atoms with van der Waals surface area (Å²) in [5.41, 5.74) is 6.25. The standard InChI is InChI=1S/C26H26N4O2/c1-17-16-27-21-7-5-18(14-20(17)21)25(31)29-12-9-26(10-13-29)24-4-3-11-30(24)23-8-6-19(32-2)15-22(23)28-26/h3-8,11,14-16,27-28H,9-10,12-13H2,1-2H3. The molecule has 1 saturated heterocycles. The Balaban J connectivity index is 1.27. The van der Waals surface area contributed by atoms with Crippen molar-refractivity contribution < 1.29 is 9.53 Å². The number of aromatic amines is 1. The Bertz CT molecular complexity index is 1340. The zero-order valence-corrected chi connectivity index (χ0v) is 18.3. The number of aromatic nitrogens is 2. The fourth-order valence-electron chi connectivity index (χ4n) is 5.30. The van der Waals surface area contributed by atoms with Crippen LogP contribution in [0.5, 0.6) is 5.75 Å². The zero-order chi connectivity index (χ0) is 21.9. The molecule has 2 N–H and O–H groups in total. The largest absolute Gasteiger partial charge is 0.497 e. The molecule has 2 aliphatic rings. The Kier molecular flexibility index (Phi) is 4.12. The second-order valence-electron chi connectivity index (χ2n) is 8.88. The highest BCUT2D eigenvalue weighted by molar-refractivity contribution is 5.98. The van der Waals surface area contributed by atoms with Gasteiger partial charge in [-0.1, -0.05) is 0 Å². The molecule has 0 atom stereocenters. The third-order valence-corrected chi connectivity index (χ3v) is 7.12. The SMILES string of the molecule is COc1ccc2c(c1)NC1(CCN(C(=O)c3ccc4[nH]cc(C)c4c3)CC1)c1cccn1-2. The fourth-order valence-corrected chi connectivity index (χ4v) is 5.30. The van der Waals surface area contributed by atoms with Crippen LogP contribution in [0.25, 0.3) is 16.6 Å². The van der Waals surface area contributed by atoms with Crippen molar-refractivity contribution in [3.63, 3.8) is 0 Å². The number of piperidine rings is 1. The number of carbonyl (C=O) groups excluding carboxylic acids is 1. The maximum atomic E-state index is 13.3. The topological polar surface area (TPSA) is 62.3 Å². The van der Waals surface area contributed by atoms with Crippen molar-refractivity contribution in [2.75, 3.05) is 25.5 Å². The summed E-state index contributed by atoms with van der Waals surface area (Å²) in [6.07, 6.45) is 5.81. The van der Waals surface area contributed by atoms with Crippen LogP contribution in [0.2, 0.25) is 0 Å². The van der Waals surface area contributed by atoms with E-state index in [1.54, 1.807) is 7.11 Å². The van der Waals surface area contributed by atoms with Crippen LogP contribution in [-0.2, 0) is 5.54 Å². The van der Waals surface area contributed by atoms with Gasteiger partial charge in [-0.15, -0.1) is 0 Å². The number of methoxy groups -OCH3 is 1. The molecule has 0 radical (unpaired) electrons. The Morgan fingerprint density at radius 3 is 2.75 bits per heavy atom. The molecular weight excluding hydrogens is 400 g/mol. The monoisotopic (exact) mass is 426 g/mol. The van der Waals surface area contributed by atoms with Gasteiger partial charge >= 0.3 is 0 Å². The number of hydrogen-bond donors (Lipinski definition) is 2. The summed E-state index contributed by atoms with van der Waals surface area (Å²) in [6.45, 7) is 3.48. The van der Waals surface area contributed by atoms with Crippen LogP contribution in [0.1, 0.15) is 34.5 Å². The van der Waals surface area contributed by atoms with Gasteiger partial charge in [-0.2, -0.15) is 0 Å². The fraction of sp³-hybridized carbons (Fsp3) is 0.269. The summed E-state index contributed by atoms with van der Waals surface area (Å²) in [4.78, 5) is 18.5. The highest BCUT2D eigenvalue weighted by atomic mass is 16.5. The van der Waals surface area contributed by atoms with Crippen molar-refractivity contribution in [2.24, 2.45) is 0 Å². The molecule has 0 saturated carbocycles. The van der Waals surface area contributed by atoms with E-state index in [0.29, 0.717) is 13.1 Å². The lowest BCUT2D eigenvalue weighted by Gasteiger charge is -2.46. The first kappa shape index (κ1) is 19.0. The number of H-pyrrole nitrogens is 1. The molecule has 162 valence electrons. The van der Waals surface area contributed by atoms with Gasteiger partial charge in [-0.3, -0.25) is 4.79 Å². The number of aryl methyl sites for hydroxylation is 1. The minimum atomic E-state index is -0.194. The molecule has 6 rings (SSSR count). The summed E-state index contributed by atoms with van der Waals surface area (Å²) < 4.78 is 7.72. The maximum absolute atomic E-state index is 13.3. The summed E-state index contributed by atoms with van der Waals surface area (Å²) >= 11 is 0. The number of nitrogens with zero attached hydrogens (tertiary/aromatic N) is 2. The van der Waals surface area contributed by atoms with Crippen LogP contribution in [0, 0.1) is 6.92 Å². The number of benzene rings is 2. The summed E-state index contributed by atoms with van der Waals surface area (Å²) in [5, 5.41) is 4.93. The molecule has 1 amide bonds. The molecule has 4 aromatic rings. The third-order valence-electron chi connectivity index (χ3n) is 7.12. The predicted molar refractivity (Wildman–Crippen MR) is 126 cm³/mol. The van der Waals surface area contributed by atoms with Crippen LogP contribution < -0.4 is 10.1 Å². The van der Waals surface area contributed by atoms with Gasteiger partial charge in [-0.05, 0) is 67.8 Å². The lowest BCUT2D eigenvalue weighted by Crippen LogP contribution is -2.51. The first-order valence-electron chi connectivity index (χ1n) is 11.1. The maximum Gasteiger partial charge on any atom is 0.253 e. The van der Waals surface area contributed by atoms with E-state index in [1.165, 1.54) is 5.69 Å². The lowest BCUT2D eigenvalue weighted by atomic mass is 9.82. The van der Waals surface area contributed by atoms with Crippen molar-refractivity contribution in [3.05, 3.63) is 77.7 Å². The van der Waals surface area contributed by atoms with Crippen molar-refractivity contribution in [1.29, 1.82) is 0 Å². The minimum absolute atomic E-state index is 0.107. The molecule has 1 spiro atoms. The normalized spacial score (nSPS) is 16.5. The smallest absolute Gasteiger partial charge is 0.253 e. The number of rotatable bonds is 2.